The predicted molar refractivity (Wildman–Crippen MR) is 76.2 cm³/mol. The SMILES string of the molecule is Cc1ccc([C@@]2(O)C(=O)c3ccccc3C(=O)[C@@H]2O)cc1. The van der Waals surface area contributed by atoms with Crippen molar-refractivity contribution in [2.45, 2.75) is 18.6 Å². The molecule has 0 aliphatic heterocycles. The number of rotatable bonds is 1. The molecule has 2 atom stereocenters. The van der Waals surface area contributed by atoms with E-state index >= 15 is 0 Å². The fourth-order valence-corrected chi connectivity index (χ4v) is 2.66. The van der Waals surface area contributed by atoms with Gasteiger partial charge in [-0.25, -0.2) is 0 Å². The molecular formula is C17H14O4. The van der Waals surface area contributed by atoms with Gasteiger partial charge in [-0.05, 0) is 12.5 Å². The number of carbonyl (C=O) groups excluding carboxylic acids is 2. The summed E-state index contributed by atoms with van der Waals surface area (Å²) in [6, 6.07) is 12.8. The summed E-state index contributed by atoms with van der Waals surface area (Å²) in [6.07, 6.45) is -1.80. The Hall–Kier alpha value is -2.30. The molecule has 4 nitrogen and oxygen atoms in total. The van der Waals surface area contributed by atoms with E-state index in [-0.39, 0.29) is 16.7 Å². The highest BCUT2D eigenvalue weighted by Crippen LogP contribution is 2.36. The number of aryl methyl sites for hydroxylation is 1. The number of aliphatic hydroxyl groups is 2. The zero-order chi connectivity index (χ0) is 15.2. The summed E-state index contributed by atoms with van der Waals surface area (Å²) in [4.78, 5) is 24.9. The first-order valence-electron chi connectivity index (χ1n) is 6.62. The lowest BCUT2D eigenvalue weighted by molar-refractivity contribution is -0.0443. The van der Waals surface area contributed by atoms with Gasteiger partial charge in [-0.2, -0.15) is 0 Å². The van der Waals surface area contributed by atoms with Crippen LogP contribution in [0.3, 0.4) is 0 Å². The molecule has 0 radical (unpaired) electrons. The zero-order valence-corrected chi connectivity index (χ0v) is 11.4. The first-order valence-corrected chi connectivity index (χ1v) is 6.62. The quantitative estimate of drug-likeness (QED) is 0.833. The fourth-order valence-electron chi connectivity index (χ4n) is 2.66. The van der Waals surface area contributed by atoms with Gasteiger partial charge in [-0.15, -0.1) is 0 Å². The smallest absolute Gasteiger partial charge is 0.202 e. The number of fused-ring (bicyclic) bond motifs is 1. The average molecular weight is 282 g/mol. The van der Waals surface area contributed by atoms with Crippen LogP contribution in [-0.4, -0.2) is 27.9 Å². The molecule has 0 unspecified atom stereocenters. The number of aliphatic hydroxyl groups excluding tert-OH is 1. The number of hydrogen-bond acceptors (Lipinski definition) is 4. The lowest BCUT2D eigenvalue weighted by Crippen LogP contribution is -2.54. The van der Waals surface area contributed by atoms with E-state index in [9.17, 15) is 19.8 Å². The van der Waals surface area contributed by atoms with E-state index in [0.717, 1.165) is 5.56 Å². The van der Waals surface area contributed by atoms with Gasteiger partial charge in [0.2, 0.25) is 5.78 Å². The van der Waals surface area contributed by atoms with Crippen molar-refractivity contribution in [3.8, 4) is 0 Å². The molecule has 3 rings (SSSR count). The van der Waals surface area contributed by atoms with Crippen LogP contribution in [0.2, 0.25) is 0 Å². The van der Waals surface area contributed by atoms with Crippen LogP contribution in [0.15, 0.2) is 48.5 Å². The van der Waals surface area contributed by atoms with E-state index in [2.05, 4.69) is 0 Å². The van der Waals surface area contributed by atoms with Crippen molar-refractivity contribution in [1.82, 2.24) is 0 Å². The van der Waals surface area contributed by atoms with Gasteiger partial charge in [0, 0.05) is 11.1 Å². The second-order valence-electron chi connectivity index (χ2n) is 5.27. The number of carbonyl (C=O) groups is 2. The molecule has 2 aromatic carbocycles. The third-order valence-corrected chi connectivity index (χ3v) is 3.92. The molecule has 0 fully saturated rings. The van der Waals surface area contributed by atoms with Gasteiger partial charge in [0.1, 0.15) is 0 Å². The van der Waals surface area contributed by atoms with Crippen LogP contribution in [0.5, 0.6) is 0 Å². The first-order chi connectivity index (χ1) is 9.96. The van der Waals surface area contributed by atoms with Crippen LogP contribution in [0, 0.1) is 6.92 Å². The van der Waals surface area contributed by atoms with Gasteiger partial charge >= 0.3 is 0 Å². The maximum absolute atomic E-state index is 12.6. The third kappa shape index (κ3) is 1.84. The lowest BCUT2D eigenvalue weighted by Gasteiger charge is -2.35. The van der Waals surface area contributed by atoms with Crippen molar-refractivity contribution in [2.75, 3.05) is 0 Å². The molecule has 0 saturated heterocycles. The summed E-state index contributed by atoms with van der Waals surface area (Å²) >= 11 is 0. The summed E-state index contributed by atoms with van der Waals surface area (Å²) in [6.45, 7) is 1.87. The molecule has 0 aromatic heterocycles. The monoisotopic (exact) mass is 282 g/mol. The van der Waals surface area contributed by atoms with Gasteiger partial charge < -0.3 is 10.2 Å². The van der Waals surface area contributed by atoms with Crippen molar-refractivity contribution >= 4 is 11.6 Å². The van der Waals surface area contributed by atoms with E-state index in [1.165, 1.54) is 12.1 Å². The number of benzene rings is 2. The molecule has 4 heteroatoms. The Morgan fingerprint density at radius 2 is 1.52 bits per heavy atom. The van der Waals surface area contributed by atoms with E-state index in [1.807, 2.05) is 6.92 Å². The minimum atomic E-state index is -2.24. The molecule has 0 bridgehead atoms. The summed E-state index contributed by atoms with van der Waals surface area (Å²) in [5, 5.41) is 21.0. The van der Waals surface area contributed by atoms with Crippen LogP contribution >= 0.6 is 0 Å². The van der Waals surface area contributed by atoms with Crippen LogP contribution in [0.25, 0.3) is 0 Å². The molecule has 1 aliphatic carbocycles. The molecule has 2 N–H and O–H groups in total. The lowest BCUT2D eigenvalue weighted by atomic mass is 9.72. The maximum Gasteiger partial charge on any atom is 0.202 e. The van der Waals surface area contributed by atoms with Crippen LogP contribution < -0.4 is 0 Å². The summed E-state index contributed by atoms with van der Waals surface area (Å²) in [5.41, 5.74) is -0.790. The van der Waals surface area contributed by atoms with Gasteiger partial charge in [-0.1, -0.05) is 54.1 Å². The third-order valence-electron chi connectivity index (χ3n) is 3.92. The van der Waals surface area contributed by atoms with Crippen molar-refractivity contribution in [2.24, 2.45) is 0 Å². The number of ketones is 2. The standard InChI is InChI=1S/C17H14O4/c1-10-6-8-11(9-7-10)17(21)15(19)13-5-3-2-4-12(13)14(18)16(17)20/h2-9,16,20-21H,1H3/t16-,17+/m0/s1. The van der Waals surface area contributed by atoms with Gasteiger partial charge in [0.05, 0.1) is 0 Å². The second kappa shape index (κ2) is 4.62. The molecule has 0 amide bonds. The fraction of sp³-hybridized carbons (Fsp3) is 0.176. The van der Waals surface area contributed by atoms with Crippen molar-refractivity contribution in [3.05, 3.63) is 70.8 Å². The topological polar surface area (TPSA) is 74.6 Å². The maximum atomic E-state index is 12.6. The van der Waals surface area contributed by atoms with Gasteiger partial charge in [-0.3, -0.25) is 9.59 Å². The summed E-state index contributed by atoms with van der Waals surface area (Å²) in [5.74, 6) is -1.30. The first kappa shape index (κ1) is 13.7. The molecule has 2 aromatic rings. The van der Waals surface area contributed by atoms with E-state index in [0.29, 0.717) is 0 Å². The Morgan fingerprint density at radius 1 is 0.952 bits per heavy atom. The minimum absolute atomic E-state index is 0.135. The Balaban J connectivity index is 2.22. The van der Waals surface area contributed by atoms with E-state index in [4.69, 9.17) is 0 Å². The van der Waals surface area contributed by atoms with E-state index < -0.39 is 23.3 Å². The number of hydrogen-bond donors (Lipinski definition) is 2. The summed E-state index contributed by atoms with van der Waals surface area (Å²) < 4.78 is 0. The molecule has 0 heterocycles. The summed E-state index contributed by atoms with van der Waals surface area (Å²) in [7, 11) is 0. The van der Waals surface area contributed by atoms with Gasteiger partial charge in [0.25, 0.3) is 0 Å². The van der Waals surface area contributed by atoms with Crippen LogP contribution in [0.4, 0.5) is 0 Å². The second-order valence-corrected chi connectivity index (χ2v) is 5.27. The Bertz CT molecular complexity index is 733. The van der Waals surface area contributed by atoms with Gasteiger partial charge in [0.15, 0.2) is 17.5 Å². The molecule has 106 valence electrons. The highest BCUT2D eigenvalue weighted by molar-refractivity contribution is 6.20. The minimum Gasteiger partial charge on any atom is -0.381 e. The Labute approximate surface area is 121 Å². The van der Waals surface area contributed by atoms with Crippen molar-refractivity contribution in [1.29, 1.82) is 0 Å². The van der Waals surface area contributed by atoms with Crippen LogP contribution in [-0.2, 0) is 5.60 Å². The highest BCUT2D eigenvalue weighted by Gasteiger charge is 2.53. The van der Waals surface area contributed by atoms with Crippen molar-refractivity contribution < 1.29 is 19.8 Å². The predicted octanol–water partition coefficient (Wildman–Crippen LogP) is 1.62. The zero-order valence-electron chi connectivity index (χ0n) is 11.4. The van der Waals surface area contributed by atoms with Crippen molar-refractivity contribution in [3.63, 3.8) is 0 Å². The van der Waals surface area contributed by atoms with E-state index in [1.54, 1.807) is 36.4 Å². The molecule has 0 saturated carbocycles. The molecule has 21 heavy (non-hydrogen) atoms. The normalized spacial score (nSPS) is 24.8. The highest BCUT2D eigenvalue weighted by atomic mass is 16.4. The Kier molecular flexibility index (Phi) is 3.01. The molecule has 1 aliphatic rings. The number of Topliss-reactive ketones (excluding diaryl/α,β-unsaturated/α-hetero) is 2. The largest absolute Gasteiger partial charge is 0.381 e. The van der Waals surface area contributed by atoms with Crippen LogP contribution in [0.1, 0.15) is 31.8 Å². The molecular weight excluding hydrogens is 268 g/mol. The Morgan fingerprint density at radius 3 is 2.14 bits per heavy atom. The molecule has 0 spiro atoms. The average Bonchev–Trinajstić information content (AvgIpc) is 2.51.